The van der Waals surface area contributed by atoms with Gasteiger partial charge in [0.2, 0.25) is 5.95 Å². The molecule has 0 radical (unpaired) electrons. The number of aliphatic hydroxyl groups is 3. The lowest BCUT2D eigenvalue weighted by Crippen LogP contribution is -2.35. The summed E-state index contributed by atoms with van der Waals surface area (Å²) in [7, 11) is 0. The number of fused-ring (bicyclic) bond motifs is 1. The number of nitrogens with zero attached hydrogens (tertiary/aromatic N) is 3. The van der Waals surface area contributed by atoms with Crippen LogP contribution < -0.4 is 10.6 Å². The van der Waals surface area contributed by atoms with Crippen LogP contribution in [0, 0.1) is 18.8 Å². The molecular weight excluding hydrogens is 414 g/mol. The first-order valence-corrected chi connectivity index (χ1v) is 11.6. The molecule has 2 aliphatic carbocycles. The number of hydrogen-bond acceptors (Lipinski definition) is 9. The van der Waals surface area contributed by atoms with Crippen molar-refractivity contribution < 1.29 is 15.3 Å². The Hall–Kier alpha value is -2.33. The van der Waals surface area contributed by atoms with Crippen molar-refractivity contribution >= 4 is 33.3 Å². The standard InChI is InChI=1S/C22H27N5O3S/c1-11-17(21-26-14-4-2-3-5-16(14)31-21)20(27-22(24-11)23-9-12-6-7-12)25-15-8-13(10-28)18(29)19(15)30/h2-5,12-13,15,18-19,28-30H,6-10H2,1H3,(H2,23,24,25,27)/t13-,15+,18+,19-/m0/s1. The Morgan fingerprint density at radius 2 is 1.90 bits per heavy atom. The van der Waals surface area contributed by atoms with Crippen LogP contribution in [0.2, 0.25) is 0 Å². The fraction of sp³-hybridized carbons (Fsp3) is 0.500. The zero-order chi connectivity index (χ0) is 21.5. The number of hydrogen-bond donors (Lipinski definition) is 5. The Kier molecular flexibility index (Phi) is 5.51. The maximum absolute atomic E-state index is 10.5. The molecule has 0 spiro atoms. The van der Waals surface area contributed by atoms with E-state index >= 15 is 0 Å². The third-order valence-electron chi connectivity index (χ3n) is 6.20. The minimum atomic E-state index is -0.987. The number of nitrogens with one attached hydrogen (secondary N) is 2. The van der Waals surface area contributed by atoms with E-state index in [2.05, 4.69) is 15.6 Å². The van der Waals surface area contributed by atoms with E-state index in [4.69, 9.17) is 9.97 Å². The molecule has 0 bridgehead atoms. The fourth-order valence-electron chi connectivity index (χ4n) is 4.17. The molecule has 4 atom stereocenters. The van der Waals surface area contributed by atoms with Gasteiger partial charge in [-0.05, 0) is 44.2 Å². The van der Waals surface area contributed by atoms with Crippen molar-refractivity contribution in [2.45, 2.75) is 44.4 Å². The Morgan fingerprint density at radius 1 is 1.10 bits per heavy atom. The van der Waals surface area contributed by atoms with Crippen LogP contribution in [0.5, 0.6) is 0 Å². The van der Waals surface area contributed by atoms with Gasteiger partial charge in [-0.2, -0.15) is 4.98 Å². The predicted molar refractivity (Wildman–Crippen MR) is 121 cm³/mol. The molecule has 2 aromatic heterocycles. The summed E-state index contributed by atoms with van der Waals surface area (Å²) < 4.78 is 1.08. The zero-order valence-electron chi connectivity index (χ0n) is 17.3. The highest BCUT2D eigenvalue weighted by atomic mass is 32.1. The Balaban J connectivity index is 1.52. The van der Waals surface area contributed by atoms with Gasteiger partial charge in [0.1, 0.15) is 16.9 Å². The van der Waals surface area contributed by atoms with Gasteiger partial charge in [-0.25, -0.2) is 9.97 Å². The average molecular weight is 442 g/mol. The number of anilines is 2. The van der Waals surface area contributed by atoms with Crippen molar-refractivity contribution in [1.29, 1.82) is 0 Å². The van der Waals surface area contributed by atoms with Gasteiger partial charge in [0.15, 0.2) is 0 Å². The largest absolute Gasteiger partial charge is 0.396 e. The number of aryl methyl sites for hydroxylation is 1. The van der Waals surface area contributed by atoms with Crippen LogP contribution in [0.1, 0.15) is 25.0 Å². The fourth-order valence-corrected chi connectivity index (χ4v) is 5.24. The lowest BCUT2D eigenvalue weighted by atomic mass is 10.1. The van der Waals surface area contributed by atoms with Gasteiger partial charge < -0.3 is 26.0 Å². The maximum Gasteiger partial charge on any atom is 0.224 e. The number of aromatic nitrogens is 3. The van der Waals surface area contributed by atoms with Crippen LogP contribution in [0.15, 0.2) is 24.3 Å². The first kappa shape index (κ1) is 20.6. The van der Waals surface area contributed by atoms with Crippen molar-refractivity contribution in [1.82, 2.24) is 15.0 Å². The minimum Gasteiger partial charge on any atom is -0.396 e. The maximum atomic E-state index is 10.5. The molecule has 1 aromatic carbocycles. The molecule has 5 N–H and O–H groups in total. The molecule has 164 valence electrons. The van der Waals surface area contributed by atoms with E-state index in [9.17, 15) is 15.3 Å². The molecule has 8 nitrogen and oxygen atoms in total. The lowest BCUT2D eigenvalue weighted by molar-refractivity contribution is 0.00446. The topological polar surface area (TPSA) is 123 Å². The second-order valence-corrected chi connectivity index (χ2v) is 9.61. The monoisotopic (exact) mass is 441 g/mol. The summed E-state index contributed by atoms with van der Waals surface area (Å²) in [5, 5.41) is 37.8. The summed E-state index contributed by atoms with van der Waals surface area (Å²) in [5.74, 6) is 1.44. The van der Waals surface area contributed by atoms with Crippen molar-refractivity contribution in [3.05, 3.63) is 30.0 Å². The van der Waals surface area contributed by atoms with Crippen LogP contribution in [-0.4, -0.2) is 61.7 Å². The number of aliphatic hydroxyl groups excluding tert-OH is 3. The highest BCUT2D eigenvalue weighted by molar-refractivity contribution is 7.21. The van der Waals surface area contributed by atoms with Crippen LogP contribution in [-0.2, 0) is 0 Å². The third-order valence-corrected chi connectivity index (χ3v) is 7.26. The Labute approximate surface area is 184 Å². The predicted octanol–water partition coefficient (Wildman–Crippen LogP) is 2.40. The minimum absolute atomic E-state index is 0.169. The average Bonchev–Trinajstić information content (AvgIpc) is 3.44. The SMILES string of the molecule is Cc1nc(NCC2CC2)nc(N[C@@H]2C[C@@H](CO)[C@@H](O)[C@H]2O)c1-c1nc2ccccc2s1. The van der Waals surface area contributed by atoms with E-state index < -0.39 is 18.2 Å². The van der Waals surface area contributed by atoms with E-state index in [1.54, 1.807) is 11.3 Å². The van der Waals surface area contributed by atoms with Crippen LogP contribution in [0.4, 0.5) is 11.8 Å². The summed E-state index contributed by atoms with van der Waals surface area (Å²) in [5.41, 5.74) is 2.51. The van der Waals surface area contributed by atoms with Gasteiger partial charge in [0, 0.05) is 19.1 Å². The number of para-hydroxylation sites is 1. The summed E-state index contributed by atoms with van der Waals surface area (Å²) in [4.78, 5) is 14.2. The Bertz CT molecular complexity index is 1050. The first-order valence-electron chi connectivity index (χ1n) is 10.8. The molecule has 0 aliphatic heterocycles. The van der Waals surface area contributed by atoms with Gasteiger partial charge >= 0.3 is 0 Å². The molecule has 0 amide bonds. The molecule has 2 aliphatic rings. The molecule has 9 heteroatoms. The molecule has 3 aromatic rings. The summed E-state index contributed by atoms with van der Waals surface area (Å²) in [6.45, 7) is 2.61. The Morgan fingerprint density at radius 3 is 2.61 bits per heavy atom. The van der Waals surface area contributed by atoms with E-state index in [1.807, 2.05) is 31.2 Å². The lowest BCUT2D eigenvalue weighted by Gasteiger charge is -2.21. The third kappa shape index (κ3) is 4.10. The highest BCUT2D eigenvalue weighted by Crippen LogP contribution is 2.38. The quantitative estimate of drug-likeness (QED) is 0.379. The zero-order valence-corrected chi connectivity index (χ0v) is 18.1. The van der Waals surface area contributed by atoms with Crippen LogP contribution in [0.3, 0.4) is 0 Å². The van der Waals surface area contributed by atoms with Crippen molar-refractivity contribution in [3.8, 4) is 10.6 Å². The molecule has 2 heterocycles. The van der Waals surface area contributed by atoms with Gasteiger partial charge in [-0.15, -0.1) is 11.3 Å². The smallest absolute Gasteiger partial charge is 0.224 e. The molecule has 0 unspecified atom stereocenters. The summed E-state index contributed by atoms with van der Waals surface area (Å²) in [6, 6.07) is 7.54. The second kappa shape index (κ2) is 8.31. The first-order chi connectivity index (χ1) is 15.0. The van der Waals surface area contributed by atoms with E-state index in [-0.39, 0.29) is 12.5 Å². The van der Waals surface area contributed by atoms with E-state index in [1.165, 1.54) is 12.8 Å². The number of rotatable bonds is 7. The normalized spacial score (nSPS) is 25.8. The summed E-state index contributed by atoms with van der Waals surface area (Å²) in [6.07, 6.45) is 0.958. The molecule has 2 saturated carbocycles. The molecule has 5 rings (SSSR count). The van der Waals surface area contributed by atoms with Crippen LogP contribution in [0.25, 0.3) is 20.8 Å². The molecule has 0 saturated heterocycles. The molecule has 2 fully saturated rings. The summed E-state index contributed by atoms with van der Waals surface area (Å²) >= 11 is 1.57. The second-order valence-electron chi connectivity index (χ2n) is 8.58. The number of benzene rings is 1. The van der Waals surface area contributed by atoms with Crippen molar-refractivity contribution in [2.75, 3.05) is 23.8 Å². The van der Waals surface area contributed by atoms with Gasteiger partial charge in [0.25, 0.3) is 0 Å². The van der Waals surface area contributed by atoms with E-state index in [0.29, 0.717) is 24.1 Å². The van der Waals surface area contributed by atoms with Gasteiger partial charge in [0.05, 0.1) is 33.6 Å². The van der Waals surface area contributed by atoms with Crippen LogP contribution >= 0.6 is 11.3 Å². The van der Waals surface area contributed by atoms with Crippen molar-refractivity contribution in [2.24, 2.45) is 11.8 Å². The highest BCUT2D eigenvalue weighted by Gasteiger charge is 2.41. The van der Waals surface area contributed by atoms with Crippen molar-refractivity contribution in [3.63, 3.8) is 0 Å². The van der Waals surface area contributed by atoms with E-state index in [0.717, 1.165) is 33.0 Å². The number of thiazole rings is 1. The van der Waals surface area contributed by atoms with Gasteiger partial charge in [-0.3, -0.25) is 0 Å². The molecule has 31 heavy (non-hydrogen) atoms. The van der Waals surface area contributed by atoms with Gasteiger partial charge in [-0.1, -0.05) is 12.1 Å². The molecular formula is C22H27N5O3S.